The molecule has 0 bridgehead atoms. The molecule has 0 aromatic rings. The zero-order valence-corrected chi connectivity index (χ0v) is 27.3. The van der Waals surface area contributed by atoms with Gasteiger partial charge in [-0.25, -0.2) is 0 Å². The number of nitrogens with zero attached hydrogens (tertiary/aromatic N) is 2. The van der Waals surface area contributed by atoms with Crippen LogP contribution in [0.15, 0.2) is 0 Å². The first-order valence-corrected chi connectivity index (χ1v) is 16.4. The molecule has 0 aliphatic carbocycles. The molecule has 2 fully saturated rings. The maximum atomic E-state index is 12.8. The van der Waals surface area contributed by atoms with Crippen LogP contribution in [0, 0.1) is 17.8 Å². The Morgan fingerprint density at radius 1 is 0.750 bits per heavy atom. The quantitative estimate of drug-likeness (QED) is 0.164. The SMILES string of the molecule is CCCCCCCCN1C(C(C)C)CC(OC(=O)CCC(=O)OC2CC(C(C)C)N(O)C(C(C)C)C2)CC1(C)C. The molecule has 2 heterocycles. The minimum Gasteiger partial charge on any atom is -0.462 e. The van der Waals surface area contributed by atoms with Crippen LogP contribution in [0.2, 0.25) is 0 Å². The Bertz CT molecular complexity index is 750. The molecule has 2 rings (SSSR count). The zero-order chi connectivity index (χ0) is 30.0. The van der Waals surface area contributed by atoms with E-state index in [1.54, 1.807) is 0 Å². The van der Waals surface area contributed by atoms with Gasteiger partial charge in [0.05, 0.1) is 12.8 Å². The third-order valence-electron chi connectivity index (χ3n) is 9.29. The van der Waals surface area contributed by atoms with E-state index in [0.29, 0.717) is 24.8 Å². The van der Waals surface area contributed by atoms with Gasteiger partial charge < -0.3 is 14.7 Å². The van der Waals surface area contributed by atoms with Gasteiger partial charge in [0, 0.05) is 49.3 Å². The number of ether oxygens (including phenoxy) is 2. The van der Waals surface area contributed by atoms with E-state index in [2.05, 4.69) is 67.2 Å². The summed E-state index contributed by atoms with van der Waals surface area (Å²) in [6.45, 7) is 20.8. The Labute approximate surface area is 245 Å². The molecule has 0 aromatic heterocycles. The van der Waals surface area contributed by atoms with Crippen molar-refractivity contribution in [2.75, 3.05) is 6.54 Å². The van der Waals surface area contributed by atoms with Crippen LogP contribution in [-0.4, -0.2) is 69.5 Å². The first-order chi connectivity index (χ1) is 18.8. The smallest absolute Gasteiger partial charge is 0.306 e. The molecular formula is C33H62N2O5. The minimum atomic E-state index is -0.354. The van der Waals surface area contributed by atoms with Crippen LogP contribution >= 0.6 is 0 Å². The van der Waals surface area contributed by atoms with E-state index in [9.17, 15) is 14.8 Å². The summed E-state index contributed by atoms with van der Waals surface area (Å²) in [5.74, 6) is 0.311. The fourth-order valence-corrected chi connectivity index (χ4v) is 6.90. The van der Waals surface area contributed by atoms with Crippen LogP contribution in [0.4, 0.5) is 0 Å². The van der Waals surface area contributed by atoms with Crippen LogP contribution in [0.3, 0.4) is 0 Å². The van der Waals surface area contributed by atoms with Crippen LogP contribution in [-0.2, 0) is 19.1 Å². The van der Waals surface area contributed by atoms with E-state index < -0.39 is 0 Å². The highest BCUT2D eigenvalue weighted by molar-refractivity contribution is 5.77. The largest absolute Gasteiger partial charge is 0.462 e. The molecule has 2 aliphatic heterocycles. The fourth-order valence-electron chi connectivity index (χ4n) is 6.90. The molecule has 4 unspecified atom stereocenters. The van der Waals surface area contributed by atoms with Gasteiger partial charge in [0.15, 0.2) is 0 Å². The number of hydrogen-bond acceptors (Lipinski definition) is 7. The Hall–Kier alpha value is -1.18. The third kappa shape index (κ3) is 10.6. The maximum absolute atomic E-state index is 12.8. The average Bonchev–Trinajstić information content (AvgIpc) is 2.85. The highest BCUT2D eigenvalue weighted by Gasteiger charge is 2.43. The lowest BCUT2D eigenvalue weighted by molar-refractivity contribution is -0.218. The summed E-state index contributed by atoms with van der Waals surface area (Å²) in [6.07, 6.45) is 10.3. The van der Waals surface area contributed by atoms with Crippen molar-refractivity contribution in [2.24, 2.45) is 17.8 Å². The lowest BCUT2D eigenvalue weighted by Crippen LogP contribution is -2.59. The second kappa shape index (κ2) is 16.5. The van der Waals surface area contributed by atoms with Crippen molar-refractivity contribution in [3.8, 4) is 0 Å². The van der Waals surface area contributed by atoms with Crippen molar-refractivity contribution >= 4 is 11.9 Å². The van der Waals surface area contributed by atoms with Crippen molar-refractivity contribution in [3.05, 3.63) is 0 Å². The Morgan fingerprint density at radius 3 is 1.70 bits per heavy atom. The molecule has 4 atom stereocenters. The van der Waals surface area contributed by atoms with Gasteiger partial charge in [0.2, 0.25) is 0 Å². The van der Waals surface area contributed by atoms with Gasteiger partial charge in [-0.1, -0.05) is 80.6 Å². The number of esters is 2. The number of carbonyl (C=O) groups is 2. The maximum Gasteiger partial charge on any atom is 0.306 e. The molecule has 7 heteroatoms. The first kappa shape index (κ1) is 35.0. The lowest BCUT2D eigenvalue weighted by atomic mass is 9.80. The molecule has 0 amide bonds. The van der Waals surface area contributed by atoms with Crippen molar-refractivity contribution in [1.29, 1.82) is 0 Å². The molecule has 2 saturated heterocycles. The summed E-state index contributed by atoms with van der Waals surface area (Å²) in [5, 5.41) is 12.1. The van der Waals surface area contributed by atoms with E-state index in [4.69, 9.17) is 9.47 Å². The van der Waals surface area contributed by atoms with E-state index >= 15 is 0 Å². The molecular weight excluding hydrogens is 504 g/mol. The molecule has 234 valence electrons. The summed E-state index contributed by atoms with van der Waals surface area (Å²) in [7, 11) is 0. The van der Waals surface area contributed by atoms with Gasteiger partial charge in [-0.05, 0) is 44.6 Å². The zero-order valence-electron chi connectivity index (χ0n) is 27.3. The molecule has 0 saturated carbocycles. The average molecular weight is 567 g/mol. The van der Waals surface area contributed by atoms with E-state index in [1.165, 1.54) is 43.6 Å². The van der Waals surface area contributed by atoms with Gasteiger partial charge in [0.25, 0.3) is 0 Å². The second-order valence-corrected chi connectivity index (χ2v) is 14.2. The molecule has 1 N–H and O–H groups in total. The molecule has 0 radical (unpaired) electrons. The van der Waals surface area contributed by atoms with Crippen LogP contribution in [0.25, 0.3) is 0 Å². The standard InChI is InChI=1S/C33H62N2O5/c1-10-11-12-13-14-15-18-34-28(23(2)3)21-27(22-33(34,8)9)40-32(37)17-16-31(36)39-26-19-29(24(4)5)35(38)30(20-26)25(6)7/h23-30,38H,10-22H2,1-9H3. The number of rotatable bonds is 15. The van der Waals surface area contributed by atoms with Crippen molar-refractivity contribution in [2.45, 2.75) is 175 Å². The van der Waals surface area contributed by atoms with Crippen molar-refractivity contribution in [1.82, 2.24) is 9.96 Å². The van der Waals surface area contributed by atoms with Gasteiger partial charge in [-0.3, -0.25) is 14.5 Å². The van der Waals surface area contributed by atoms with Gasteiger partial charge in [-0.2, -0.15) is 5.06 Å². The molecule has 2 aliphatic rings. The Balaban J connectivity index is 1.85. The summed E-state index contributed by atoms with van der Waals surface area (Å²) in [5.41, 5.74) is -0.0397. The summed E-state index contributed by atoms with van der Waals surface area (Å²) < 4.78 is 11.8. The van der Waals surface area contributed by atoms with Gasteiger partial charge in [0.1, 0.15) is 12.2 Å². The van der Waals surface area contributed by atoms with E-state index in [-0.39, 0.29) is 66.4 Å². The number of unbranched alkanes of at least 4 members (excludes halogenated alkanes) is 5. The molecule has 40 heavy (non-hydrogen) atoms. The molecule has 7 nitrogen and oxygen atoms in total. The van der Waals surface area contributed by atoms with Gasteiger partial charge >= 0.3 is 11.9 Å². The van der Waals surface area contributed by atoms with Gasteiger partial charge in [-0.15, -0.1) is 0 Å². The topological polar surface area (TPSA) is 79.3 Å². The third-order valence-corrected chi connectivity index (χ3v) is 9.29. The van der Waals surface area contributed by atoms with Crippen LogP contribution in [0.1, 0.15) is 139 Å². The predicted molar refractivity (Wildman–Crippen MR) is 161 cm³/mol. The summed E-state index contributed by atoms with van der Waals surface area (Å²) >= 11 is 0. The molecule has 0 spiro atoms. The normalized spacial score (nSPS) is 27.9. The highest BCUT2D eigenvalue weighted by atomic mass is 16.6. The van der Waals surface area contributed by atoms with Crippen LogP contribution < -0.4 is 0 Å². The first-order valence-electron chi connectivity index (χ1n) is 16.4. The molecule has 0 aromatic carbocycles. The van der Waals surface area contributed by atoms with E-state index in [0.717, 1.165) is 19.4 Å². The lowest BCUT2D eigenvalue weighted by Gasteiger charge is -2.51. The number of piperidine rings is 2. The predicted octanol–water partition coefficient (Wildman–Crippen LogP) is 7.38. The van der Waals surface area contributed by atoms with Crippen LogP contribution in [0.5, 0.6) is 0 Å². The van der Waals surface area contributed by atoms with E-state index in [1.807, 2.05) is 0 Å². The highest BCUT2D eigenvalue weighted by Crippen LogP contribution is 2.37. The monoisotopic (exact) mass is 566 g/mol. The second-order valence-electron chi connectivity index (χ2n) is 14.2. The fraction of sp³-hybridized carbons (Fsp3) is 0.939. The summed E-state index contributed by atoms with van der Waals surface area (Å²) in [6, 6.07) is 0.281. The summed E-state index contributed by atoms with van der Waals surface area (Å²) in [4.78, 5) is 28.2. The Morgan fingerprint density at radius 2 is 1.20 bits per heavy atom. The number of hydroxylamine groups is 2. The Kier molecular flexibility index (Phi) is 14.4. The van der Waals surface area contributed by atoms with Crippen molar-refractivity contribution < 1.29 is 24.3 Å². The number of carbonyl (C=O) groups excluding carboxylic acids is 2. The number of likely N-dealkylation sites (tertiary alicyclic amines) is 1. The van der Waals surface area contributed by atoms with Crippen molar-refractivity contribution in [3.63, 3.8) is 0 Å². The number of hydrogen-bond donors (Lipinski definition) is 1. The minimum absolute atomic E-state index is 0.0325.